The summed E-state index contributed by atoms with van der Waals surface area (Å²) < 4.78 is 28.7. The van der Waals surface area contributed by atoms with E-state index in [9.17, 15) is 8.76 Å². The lowest BCUT2D eigenvalue weighted by Gasteiger charge is -2.45. The number of benzene rings is 2. The van der Waals surface area contributed by atoms with Crippen LogP contribution in [0.1, 0.15) is 32.6 Å². The molecule has 4 N–H and O–H groups in total. The van der Waals surface area contributed by atoms with Crippen LogP contribution in [0.15, 0.2) is 48.7 Å². The van der Waals surface area contributed by atoms with Crippen LogP contribution >= 0.6 is 11.6 Å². The molecule has 12 heteroatoms. The second kappa shape index (κ2) is 12.6. The van der Waals surface area contributed by atoms with Gasteiger partial charge in [-0.15, -0.1) is 0 Å². The Balaban J connectivity index is 1.32. The Morgan fingerprint density at radius 2 is 1.88 bits per heavy atom. The number of ether oxygens (including phenoxy) is 1. The normalized spacial score (nSPS) is 17.4. The molecule has 2 aromatic carbocycles. The summed E-state index contributed by atoms with van der Waals surface area (Å²) in [6, 6.07) is 13.3. The first-order valence-corrected chi connectivity index (χ1v) is 15.0. The highest BCUT2D eigenvalue weighted by Crippen LogP contribution is 2.41. The highest BCUT2D eigenvalue weighted by atomic mass is 35.5. The molecule has 10 nitrogen and oxygen atoms in total. The predicted octanol–water partition coefficient (Wildman–Crippen LogP) is 5.56. The van der Waals surface area contributed by atoms with Crippen LogP contribution in [0.5, 0.6) is 5.75 Å². The third kappa shape index (κ3) is 6.27. The van der Waals surface area contributed by atoms with Crippen LogP contribution in [0.2, 0.25) is 5.02 Å². The van der Waals surface area contributed by atoms with E-state index >= 15 is 0 Å². The third-order valence-electron chi connectivity index (χ3n) is 7.93. The second-order valence-electron chi connectivity index (χ2n) is 10.2. The molecular weight excluding hydrogens is 550 g/mol. The van der Waals surface area contributed by atoms with E-state index in [0.717, 1.165) is 37.6 Å². The zero-order valence-electron chi connectivity index (χ0n) is 22.8. The number of aromatic nitrogens is 2. The van der Waals surface area contributed by atoms with Gasteiger partial charge in [-0.1, -0.05) is 23.7 Å². The molecule has 2 aliphatic heterocycles. The van der Waals surface area contributed by atoms with E-state index in [1.807, 2.05) is 12.1 Å². The number of hydrogen-bond donors (Lipinski definition) is 4. The molecule has 2 saturated heterocycles. The molecule has 1 spiro atoms. The van der Waals surface area contributed by atoms with Gasteiger partial charge in [0.05, 0.1) is 30.4 Å². The van der Waals surface area contributed by atoms with Crippen molar-refractivity contribution in [3.63, 3.8) is 0 Å². The molecule has 1 aromatic heterocycles. The zero-order valence-corrected chi connectivity index (χ0v) is 24.4. The van der Waals surface area contributed by atoms with Crippen molar-refractivity contribution < 1.29 is 13.5 Å². The van der Waals surface area contributed by atoms with Gasteiger partial charge in [-0.25, -0.2) is 9.19 Å². The van der Waals surface area contributed by atoms with Crippen LogP contribution in [0, 0.1) is 5.41 Å². The van der Waals surface area contributed by atoms with E-state index in [2.05, 4.69) is 43.0 Å². The van der Waals surface area contributed by atoms with Gasteiger partial charge in [0.1, 0.15) is 10.8 Å². The Morgan fingerprint density at radius 3 is 2.58 bits per heavy atom. The standard InChI is InChI=1S/C28H36ClN7O3S/c1-3-36(40(37)38)24-7-5-4-6-22(24)32-26-21(29)19-31-27(34-26)33-23-9-8-20(18-25(23)39-2)35-16-12-28(13-17-35)10-14-30-15-11-28/h4-9,18-19,30H,3,10-17H2,1-2H3,(H,37,38)(H2,31,32,33,34). The van der Waals surface area contributed by atoms with Gasteiger partial charge < -0.3 is 25.6 Å². The van der Waals surface area contributed by atoms with Crippen molar-refractivity contribution in [2.75, 3.05) is 59.7 Å². The van der Waals surface area contributed by atoms with Crippen molar-refractivity contribution in [1.82, 2.24) is 15.3 Å². The van der Waals surface area contributed by atoms with Crippen molar-refractivity contribution in [3.05, 3.63) is 53.7 Å². The quantitative estimate of drug-likeness (QED) is 0.240. The first-order chi connectivity index (χ1) is 19.4. The highest BCUT2D eigenvalue weighted by Gasteiger charge is 2.35. The Morgan fingerprint density at radius 1 is 1.12 bits per heavy atom. The fraction of sp³-hybridized carbons (Fsp3) is 0.429. The molecule has 1 unspecified atom stereocenters. The Hall–Kier alpha value is -3.12. The van der Waals surface area contributed by atoms with E-state index < -0.39 is 11.3 Å². The van der Waals surface area contributed by atoms with E-state index in [1.165, 1.54) is 36.2 Å². The summed E-state index contributed by atoms with van der Waals surface area (Å²) in [7, 11) is 1.65. The SMILES string of the molecule is CCN(c1ccccc1Nc1nc(Nc2ccc(N3CCC4(CCNCC4)CC3)cc2OC)ncc1Cl)S(=O)O. The van der Waals surface area contributed by atoms with Gasteiger partial charge in [0, 0.05) is 31.4 Å². The maximum atomic E-state index is 11.8. The average molecular weight is 586 g/mol. The minimum atomic E-state index is -2.17. The van der Waals surface area contributed by atoms with Crippen LogP contribution in [0.25, 0.3) is 0 Å². The zero-order chi connectivity index (χ0) is 28.1. The molecule has 2 fully saturated rings. The lowest BCUT2D eigenvalue weighted by molar-refractivity contribution is 0.155. The molecule has 214 valence electrons. The number of methoxy groups -OCH3 is 1. The van der Waals surface area contributed by atoms with Gasteiger partial charge in [-0.3, -0.25) is 8.86 Å². The van der Waals surface area contributed by atoms with Gasteiger partial charge in [0.15, 0.2) is 5.82 Å². The maximum absolute atomic E-state index is 11.8. The number of anilines is 6. The summed E-state index contributed by atoms with van der Waals surface area (Å²) in [5, 5.41) is 10.2. The molecule has 40 heavy (non-hydrogen) atoms. The molecule has 0 radical (unpaired) electrons. The Kier molecular flexibility index (Phi) is 8.94. The van der Waals surface area contributed by atoms with Gasteiger partial charge in [-0.05, 0) is 75.4 Å². The van der Waals surface area contributed by atoms with Gasteiger partial charge in [-0.2, -0.15) is 4.98 Å². The van der Waals surface area contributed by atoms with Gasteiger partial charge >= 0.3 is 0 Å². The first kappa shape index (κ1) is 28.4. The summed E-state index contributed by atoms with van der Waals surface area (Å²) in [6.07, 6.45) is 6.50. The number of rotatable bonds is 9. The molecular formula is C28H36ClN7O3S. The summed E-state index contributed by atoms with van der Waals surface area (Å²) in [5.74, 6) is 1.39. The lowest BCUT2D eigenvalue weighted by Crippen LogP contribution is -2.45. The van der Waals surface area contributed by atoms with Crippen molar-refractivity contribution in [2.24, 2.45) is 5.41 Å². The fourth-order valence-electron chi connectivity index (χ4n) is 5.60. The topological polar surface area (TPSA) is 115 Å². The monoisotopic (exact) mass is 585 g/mol. The van der Waals surface area contributed by atoms with E-state index in [1.54, 1.807) is 32.2 Å². The second-order valence-corrected chi connectivity index (χ2v) is 11.5. The maximum Gasteiger partial charge on any atom is 0.261 e. The number of nitrogens with one attached hydrogen (secondary N) is 3. The first-order valence-electron chi connectivity index (χ1n) is 13.6. The van der Waals surface area contributed by atoms with Crippen molar-refractivity contribution in [1.29, 1.82) is 0 Å². The summed E-state index contributed by atoms with van der Waals surface area (Å²) in [5.41, 5.74) is 3.52. The van der Waals surface area contributed by atoms with Crippen molar-refractivity contribution >= 4 is 57.4 Å². The number of para-hydroxylation sites is 2. The summed E-state index contributed by atoms with van der Waals surface area (Å²) in [6.45, 7) is 6.51. The van der Waals surface area contributed by atoms with Crippen LogP contribution in [0.4, 0.5) is 34.5 Å². The van der Waals surface area contributed by atoms with Crippen LogP contribution in [0.3, 0.4) is 0 Å². The fourth-order valence-corrected chi connectivity index (χ4v) is 6.29. The smallest absolute Gasteiger partial charge is 0.261 e. The summed E-state index contributed by atoms with van der Waals surface area (Å²) >= 11 is 4.25. The van der Waals surface area contributed by atoms with E-state index in [0.29, 0.717) is 45.9 Å². The molecule has 0 aliphatic carbocycles. The molecule has 5 rings (SSSR count). The van der Waals surface area contributed by atoms with Crippen LogP contribution < -0.4 is 29.9 Å². The lowest BCUT2D eigenvalue weighted by atomic mass is 9.71. The van der Waals surface area contributed by atoms with Crippen LogP contribution in [-0.4, -0.2) is 58.6 Å². The number of hydrogen-bond acceptors (Lipinski definition) is 8. The molecule has 3 heterocycles. The molecule has 1 atom stereocenters. The van der Waals surface area contributed by atoms with Crippen LogP contribution in [-0.2, 0) is 11.3 Å². The Bertz CT molecular complexity index is 1350. The average Bonchev–Trinajstić information content (AvgIpc) is 2.97. The highest BCUT2D eigenvalue weighted by molar-refractivity contribution is 7.80. The van der Waals surface area contributed by atoms with E-state index in [4.69, 9.17) is 16.3 Å². The molecule has 0 saturated carbocycles. The molecule has 0 amide bonds. The van der Waals surface area contributed by atoms with E-state index in [-0.39, 0.29) is 0 Å². The molecule has 0 bridgehead atoms. The summed E-state index contributed by atoms with van der Waals surface area (Å²) in [4.78, 5) is 11.4. The largest absolute Gasteiger partial charge is 0.494 e. The predicted molar refractivity (Wildman–Crippen MR) is 163 cm³/mol. The van der Waals surface area contributed by atoms with Crippen molar-refractivity contribution in [2.45, 2.75) is 32.6 Å². The van der Waals surface area contributed by atoms with Gasteiger partial charge in [0.2, 0.25) is 5.95 Å². The number of piperidine rings is 2. The molecule has 2 aliphatic rings. The minimum absolute atomic E-state index is 0.312. The Labute approximate surface area is 242 Å². The molecule has 3 aromatic rings. The number of halogens is 1. The number of nitrogens with zero attached hydrogens (tertiary/aromatic N) is 4. The van der Waals surface area contributed by atoms with Crippen molar-refractivity contribution in [3.8, 4) is 5.75 Å². The minimum Gasteiger partial charge on any atom is -0.494 e. The van der Waals surface area contributed by atoms with Gasteiger partial charge in [0.25, 0.3) is 11.3 Å². The third-order valence-corrected chi connectivity index (χ3v) is 9.04.